The molecule has 0 unspecified atom stereocenters. The third-order valence-corrected chi connectivity index (χ3v) is 10.2. The van der Waals surface area contributed by atoms with Crippen molar-refractivity contribution in [3.8, 4) is 0 Å². The van der Waals surface area contributed by atoms with Crippen LogP contribution in [0.2, 0.25) is 5.02 Å². The van der Waals surface area contributed by atoms with E-state index in [1.807, 2.05) is 13.8 Å². The summed E-state index contributed by atoms with van der Waals surface area (Å²) >= 11 is 6.13. The summed E-state index contributed by atoms with van der Waals surface area (Å²) in [6.45, 7) is 3.82. The highest BCUT2D eigenvalue weighted by molar-refractivity contribution is 7.92. The van der Waals surface area contributed by atoms with Gasteiger partial charge in [0.15, 0.2) is 0 Å². The Labute approximate surface area is 223 Å². The zero-order valence-electron chi connectivity index (χ0n) is 20.5. The highest BCUT2D eigenvalue weighted by Crippen LogP contribution is 2.27. The van der Waals surface area contributed by atoms with E-state index in [1.54, 1.807) is 54.6 Å². The molecule has 0 radical (unpaired) electrons. The van der Waals surface area contributed by atoms with Gasteiger partial charge >= 0.3 is 0 Å². The van der Waals surface area contributed by atoms with E-state index in [-0.39, 0.29) is 41.7 Å². The lowest BCUT2D eigenvalue weighted by molar-refractivity contribution is -0.130. The van der Waals surface area contributed by atoms with Crippen LogP contribution in [0.4, 0.5) is 5.69 Å². The van der Waals surface area contributed by atoms with Crippen LogP contribution in [0.1, 0.15) is 11.1 Å². The Morgan fingerprint density at radius 1 is 0.811 bits per heavy atom. The van der Waals surface area contributed by atoms with Crippen molar-refractivity contribution in [2.75, 3.05) is 37.0 Å². The minimum atomic E-state index is -4.07. The number of anilines is 1. The molecular formula is C26H28ClN3O5S2. The number of benzene rings is 3. The molecule has 0 atom stereocenters. The van der Waals surface area contributed by atoms with Gasteiger partial charge in [-0.15, -0.1) is 0 Å². The molecule has 37 heavy (non-hydrogen) atoms. The Kier molecular flexibility index (Phi) is 7.94. The first-order chi connectivity index (χ1) is 17.5. The normalized spacial score (nSPS) is 14.9. The highest BCUT2D eigenvalue weighted by Gasteiger charge is 2.33. The predicted octanol–water partition coefficient (Wildman–Crippen LogP) is 3.69. The molecule has 0 saturated carbocycles. The second kappa shape index (κ2) is 10.8. The number of rotatable bonds is 7. The number of nitrogens with zero attached hydrogens (tertiary/aromatic N) is 3. The number of piperazine rings is 1. The molecule has 8 nitrogen and oxygen atoms in total. The van der Waals surface area contributed by atoms with Crippen LogP contribution in [0, 0.1) is 13.8 Å². The number of carbonyl (C=O) groups excluding carboxylic acids is 1. The Bertz CT molecular complexity index is 1480. The van der Waals surface area contributed by atoms with Crippen LogP contribution >= 0.6 is 11.6 Å². The smallest absolute Gasteiger partial charge is 0.264 e. The van der Waals surface area contributed by atoms with Crippen molar-refractivity contribution in [3.05, 3.63) is 88.9 Å². The van der Waals surface area contributed by atoms with Gasteiger partial charge in [0.2, 0.25) is 15.9 Å². The van der Waals surface area contributed by atoms with Gasteiger partial charge in [-0.25, -0.2) is 16.8 Å². The molecule has 4 rings (SSSR count). The average Bonchev–Trinajstić information content (AvgIpc) is 2.87. The fraction of sp³-hybridized carbons (Fsp3) is 0.269. The number of amides is 1. The lowest BCUT2D eigenvalue weighted by Gasteiger charge is -2.35. The molecule has 3 aromatic carbocycles. The topological polar surface area (TPSA) is 95.1 Å². The summed E-state index contributed by atoms with van der Waals surface area (Å²) < 4.78 is 55.5. The lowest BCUT2D eigenvalue weighted by Crippen LogP contribution is -2.53. The van der Waals surface area contributed by atoms with Crippen LogP contribution < -0.4 is 4.31 Å². The molecule has 0 N–H and O–H groups in total. The van der Waals surface area contributed by atoms with Crippen LogP contribution in [-0.4, -0.2) is 64.7 Å². The number of halogens is 1. The Morgan fingerprint density at radius 3 is 1.89 bits per heavy atom. The van der Waals surface area contributed by atoms with Crippen molar-refractivity contribution in [3.63, 3.8) is 0 Å². The van der Waals surface area contributed by atoms with E-state index in [4.69, 9.17) is 11.6 Å². The molecule has 0 aromatic heterocycles. The van der Waals surface area contributed by atoms with Gasteiger partial charge in [0.1, 0.15) is 6.54 Å². The average molecular weight is 562 g/mol. The van der Waals surface area contributed by atoms with Gasteiger partial charge < -0.3 is 4.90 Å². The van der Waals surface area contributed by atoms with Crippen molar-refractivity contribution in [1.82, 2.24) is 9.21 Å². The largest absolute Gasteiger partial charge is 0.338 e. The third-order valence-electron chi connectivity index (χ3n) is 6.23. The van der Waals surface area contributed by atoms with Crippen molar-refractivity contribution < 1.29 is 21.6 Å². The second-order valence-corrected chi connectivity index (χ2v) is 13.1. The maximum atomic E-state index is 13.6. The molecule has 0 aliphatic carbocycles. The molecule has 11 heteroatoms. The molecular weight excluding hydrogens is 534 g/mol. The summed E-state index contributed by atoms with van der Waals surface area (Å²) in [6.07, 6.45) is 0. The molecule has 1 aliphatic heterocycles. The molecule has 3 aromatic rings. The zero-order chi connectivity index (χ0) is 26.8. The molecule has 1 saturated heterocycles. The monoisotopic (exact) mass is 561 g/mol. The van der Waals surface area contributed by atoms with Crippen LogP contribution in [0.5, 0.6) is 0 Å². The molecule has 1 heterocycles. The Hall–Kier alpha value is -2.92. The number of aryl methyl sites for hydroxylation is 2. The summed E-state index contributed by atoms with van der Waals surface area (Å²) in [4.78, 5) is 15.0. The van der Waals surface area contributed by atoms with Gasteiger partial charge in [-0.2, -0.15) is 4.31 Å². The van der Waals surface area contributed by atoms with E-state index < -0.39 is 32.5 Å². The molecule has 0 bridgehead atoms. The van der Waals surface area contributed by atoms with Crippen molar-refractivity contribution in [1.29, 1.82) is 0 Å². The number of hydrogen-bond acceptors (Lipinski definition) is 5. The summed E-state index contributed by atoms with van der Waals surface area (Å²) in [5, 5.41) is 0.337. The minimum absolute atomic E-state index is 0.0555. The van der Waals surface area contributed by atoms with E-state index in [9.17, 15) is 21.6 Å². The van der Waals surface area contributed by atoms with Crippen LogP contribution in [0.3, 0.4) is 0 Å². The van der Waals surface area contributed by atoms with Gasteiger partial charge in [-0.05, 0) is 56.3 Å². The highest BCUT2D eigenvalue weighted by atomic mass is 35.5. The summed E-state index contributed by atoms with van der Waals surface area (Å²) in [6, 6.07) is 19.3. The molecule has 196 valence electrons. The Balaban J connectivity index is 1.52. The van der Waals surface area contributed by atoms with Crippen molar-refractivity contribution >= 4 is 43.2 Å². The quantitative estimate of drug-likeness (QED) is 0.438. The van der Waals surface area contributed by atoms with Gasteiger partial charge in [-0.3, -0.25) is 9.10 Å². The van der Waals surface area contributed by atoms with Gasteiger partial charge in [-0.1, -0.05) is 53.1 Å². The van der Waals surface area contributed by atoms with E-state index in [0.717, 1.165) is 15.4 Å². The van der Waals surface area contributed by atoms with Crippen molar-refractivity contribution in [2.24, 2.45) is 0 Å². The summed E-state index contributed by atoms with van der Waals surface area (Å²) in [5.74, 6) is -0.428. The molecule has 1 amide bonds. The van der Waals surface area contributed by atoms with E-state index in [1.165, 1.54) is 27.4 Å². The maximum absolute atomic E-state index is 13.6. The van der Waals surface area contributed by atoms with Gasteiger partial charge in [0, 0.05) is 31.2 Å². The molecule has 1 fully saturated rings. The second-order valence-electron chi connectivity index (χ2n) is 8.90. The van der Waals surface area contributed by atoms with Crippen LogP contribution in [0.15, 0.2) is 82.6 Å². The first-order valence-electron chi connectivity index (χ1n) is 11.7. The minimum Gasteiger partial charge on any atom is -0.338 e. The number of sulfonamides is 2. The lowest BCUT2D eigenvalue weighted by atomic mass is 10.2. The predicted molar refractivity (Wildman–Crippen MR) is 144 cm³/mol. The fourth-order valence-electron chi connectivity index (χ4n) is 4.04. The van der Waals surface area contributed by atoms with E-state index in [2.05, 4.69) is 0 Å². The van der Waals surface area contributed by atoms with Gasteiger partial charge in [0.05, 0.1) is 15.5 Å². The summed E-state index contributed by atoms with van der Waals surface area (Å²) in [7, 11) is -7.76. The molecule has 1 aliphatic rings. The van der Waals surface area contributed by atoms with Crippen molar-refractivity contribution in [2.45, 2.75) is 23.6 Å². The Morgan fingerprint density at radius 2 is 1.35 bits per heavy atom. The van der Waals surface area contributed by atoms with E-state index in [0.29, 0.717) is 5.02 Å². The van der Waals surface area contributed by atoms with Crippen LogP contribution in [-0.2, 0) is 24.8 Å². The van der Waals surface area contributed by atoms with Crippen LogP contribution in [0.25, 0.3) is 0 Å². The first kappa shape index (κ1) is 27.1. The summed E-state index contributed by atoms with van der Waals surface area (Å²) in [5.41, 5.74) is 2.13. The standard InChI is InChI=1S/C26H28ClN3O5S2/c1-20-6-10-24(11-7-20)36(32,33)29-16-14-28(15-17-29)26(31)19-30(23-5-3-4-22(27)18-23)37(34,35)25-12-8-21(2)9-13-25/h3-13,18H,14-17,19H2,1-2H3. The van der Waals surface area contributed by atoms with E-state index >= 15 is 0 Å². The number of carbonyl (C=O) groups is 1. The fourth-order valence-corrected chi connectivity index (χ4v) is 7.06. The molecule has 0 spiro atoms. The third kappa shape index (κ3) is 5.98. The SMILES string of the molecule is Cc1ccc(S(=O)(=O)N2CCN(C(=O)CN(c3cccc(Cl)c3)S(=O)(=O)c3ccc(C)cc3)CC2)cc1. The number of hydrogen-bond donors (Lipinski definition) is 0. The zero-order valence-corrected chi connectivity index (χ0v) is 22.9. The first-order valence-corrected chi connectivity index (χ1v) is 14.9. The maximum Gasteiger partial charge on any atom is 0.264 e. The van der Waals surface area contributed by atoms with Gasteiger partial charge in [0.25, 0.3) is 10.0 Å².